The summed E-state index contributed by atoms with van der Waals surface area (Å²) in [4.78, 5) is 16.5. The normalized spacial score (nSPS) is 11.4. The Labute approximate surface area is 147 Å². The molecule has 0 aliphatic carbocycles. The second-order valence-corrected chi connectivity index (χ2v) is 7.73. The van der Waals surface area contributed by atoms with Gasteiger partial charge in [-0.05, 0) is 36.2 Å². The number of nitrogens with zero attached hydrogens (tertiary/aromatic N) is 2. The zero-order valence-electron chi connectivity index (χ0n) is 13.8. The highest BCUT2D eigenvalue weighted by Gasteiger charge is 2.16. The van der Waals surface area contributed by atoms with Crippen LogP contribution in [0.5, 0.6) is 0 Å². The van der Waals surface area contributed by atoms with Crippen LogP contribution in [-0.4, -0.2) is 23.2 Å². The quantitative estimate of drug-likeness (QED) is 0.638. The maximum absolute atomic E-state index is 12.5. The van der Waals surface area contributed by atoms with Gasteiger partial charge < -0.3 is 0 Å². The molecule has 2 heterocycles. The third-order valence-electron chi connectivity index (χ3n) is 3.78. The summed E-state index contributed by atoms with van der Waals surface area (Å²) in [5, 5.41) is 0. The van der Waals surface area contributed by atoms with Crippen molar-refractivity contribution in [2.24, 2.45) is 0 Å². The van der Waals surface area contributed by atoms with Gasteiger partial charge in [-0.15, -0.1) is 0 Å². The Hall–Kier alpha value is -2.73. The first-order chi connectivity index (χ1) is 11.9. The SMILES string of the molecule is Cc1cccc(C(=O)Cc2ccn(S(=O)(=O)Cc3ccccc3)c2)n1. The molecule has 0 saturated carbocycles. The van der Waals surface area contributed by atoms with Gasteiger partial charge in [0, 0.05) is 24.5 Å². The van der Waals surface area contributed by atoms with E-state index >= 15 is 0 Å². The van der Waals surface area contributed by atoms with Crippen molar-refractivity contribution in [2.75, 3.05) is 0 Å². The van der Waals surface area contributed by atoms with Gasteiger partial charge in [0.1, 0.15) is 5.69 Å². The molecule has 0 bridgehead atoms. The highest BCUT2D eigenvalue weighted by atomic mass is 32.2. The van der Waals surface area contributed by atoms with Gasteiger partial charge in [0.2, 0.25) is 10.0 Å². The van der Waals surface area contributed by atoms with Crippen LogP contribution in [0.2, 0.25) is 0 Å². The van der Waals surface area contributed by atoms with Gasteiger partial charge in [0.15, 0.2) is 5.78 Å². The molecule has 3 rings (SSSR count). The molecule has 2 aromatic heterocycles. The minimum atomic E-state index is -3.51. The van der Waals surface area contributed by atoms with Crippen LogP contribution in [0.3, 0.4) is 0 Å². The highest BCUT2D eigenvalue weighted by molar-refractivity contribution is 7.89. The summed E-state index contributed by atoms with van der Waals surface area (Å²) in [6, 6.07) is 15.9. The average molecular weight is 354 g/mol. The molecule has 5 nitrogen and oxygen atoms in total. The number of hydrogen-bond donors (Lipinski definition) is 0. The summed E-state index contributed by atoms with van der Waals surface area (Å²) < 4.78 is 26.1. The largest absolute Gasteiger partial charge is 0.292 e. The third kappa shape index (κ3) is 4.22. The molecule has 0 saturated heterocycles. The minimum absolute atomic E-state index is 0.0880. The zero-order valence-corrected chi connectivity index (χ0v) is 14.6. The molecule has 25 heavy (non-hydrogen) atoms. The van der Waals surface area contributed by atoms with E-state index in [-0.39, 0.29) is 18.0 Å². The van der Waals surface area contributed by atoms with E-state index in [1.165, 1.54) is 16.4 Å². The van der Waals surface area contributed by atoms with Gasteiger partial charge in [-0.2, -0.15) is 0 Å². The van der Waals surface area contributed by atoms with Crippen molar-refractivity contribution in [1.29, 1.82) is 0 Å². The van der Waals surface area contributed by atoms with Crippen LogP contribution >= 0.6 is 0 Å². The lowest BCUT2D eigenvalue weighted by molar-refractivity contribution is 0.0988. The summed E-state index contributed by atoms with van der Waals surface area (Å²) in [5.74, 6) is -0.225. The van der Waals surface area contributed by atoms with Crippen LogP contribution in [0.1, 0.15) is 27.3 Å². The van der Waals surface area contributed by atoms with E-state index in [9.17, 15) is 13.2 Å². The number of ketones is 1. The number of aryl methyl sites for hydroxylation is 1. The Morgan fingerprint density at radius 1 is 1.00 bits per heavy atom. The zero-order chi connectivity index (χ0) is 17.9. The van der Waals surface area contributed by atoms with Crippen LogP contribution in [-0.2, 0) is 22.2 Å². The number of hydrogen-bond acceptors (Lipinski definition) is 4. The molecule has 6 heteroatoms. The van der Waals surface area contributed by atoms with E-state index in [0.717, 1.165) is 11.3 Å². The van der Waals surface area contributed by atoms with Crippen molar-refractivity contribution in [3.8, 4) is 0 Å². The van der Waals surface area contributed by atoms with E-state index in [0.29, 0.717) is 11.3 Å². The Morgan fingerprint density at radius 3 is 2.48 bits per heavy atom. The number of carbonyl (C=O) groups is 1. The van der Waals surface area contributed by atoms with Gasteiger partial charge in [0.05, 0.1) is 5.75 Å². The van der Waals surface area contributed by atoms with Gasteiger partial charge in [0.25, 0.3) is 0 Å². The second kappa shape index (κ2) is 7.03. The lowest BCUT2D eigenvalue weighted by atomic mass is 10.1. The van der Waals surface area contributed by atoms with Gasteiger partial charge in [-0.25, -0.2) is 8.42 Å². The number of carbonyl (C=O) groups excluding carboxylic acids is 1. The van der Waals surface area contributed by atoms with Crippen LogP contribution in [0, 0.1) is 6.92 Å². The van der Waals surface area contributed by atoms with E-state index in [2.05, 4.69) is 4.98 Å². The van der Waals surface area contributed by atoms with Crippen molar-refractivity contribution in [1.82, 2.24) is 8.96 Å². The summed E-state index contributed by atoms with van der Waals surface area (Å²) in [7, 11) is -3.51. The van der Waals surface area contributed by atoms with E-state index in [1.807, 2.05) is 19.1 Å². The molecule has 0 amide bonds. The monoisotopic (exact) mass is 354 g/mol. The first kappa shape index (κ1) is 17.1. The molecule has 0 N–H and O–H groups in total. The molecule has 0 spiro atoms. The third-order valence-corrected chi connectivity index (χ3v) is 5.35. The smallest absolute Gasteiger partial charge is 0.242 e. The maximum Gasteiger partial charge on any atom is 0.242 e. The van der Waals surface area contributed by atoms with Crippen LogP contribution in [0.25, 0.3) is 0 Å². The predicted octanol–water partition coefficient (Wildman–Crippen LogP) is 3.00. The van der Waals surface area contributed by atoms with Gasteiger partial charge >= 0.3 is 0 Å². The maximum atomic E-state index is 12.5. The number of rotatable bonds is 6. The molecule has 128 valence electrons. The molecular weight excluding hydrogens is 336 g/mol. The lowest BCUT2D eigenvalue weighted by Crippen LogP contribution is -2.13. The minimum Gasteiger partial charge on any atom is -0.292 e. The van der Waals surface area contributed by atoms with E-state index < -0.39 is 10.0 Å². The molecule has 3 aromatic rings. The summed E-state index contributed by atoms with van der Waals surface area (Å²) >= 11 is 0. The molecule has 0 radical (unpaired) electrons. The Balaban J connectivity index is 1.75. The van der Waals surface area contributed by atoms with Gasteiger partial charge in [-0.3, -0.25) is 13.8 Å². The highest BCUT2D eigenvalue weighted by Crippen LogP contribution is 2.13. The van der Waals surface area contributed by atoms with Crippen LogP contribution < -0.4 is 0 Å². The Bertz CT molecular complexity index is 992. The fourth-order valence-corrected chi connectivity index (χ4v) is 3.84. The average Bonchev–Trinajstić information content (AvgIpc) is 3.05. The van der Waals surface area contributed by atoms with Crippen LogP contribution in [0.4, 0.5) is 0 Å². The molecule has 0 atom stereocenters. The standard InChI is InChI=1S/C19H18N2O3S/c1-15-6-5-9-18(20-15)19(22)12-17-10-11-21(13-17)25(23,24)14-16-7-3-2-4-8-16/h2-11,13H,12,14H2,1H3. The molecule has 1 aromatic carbocycles. The first-order valence-electron chi connectivity index (χ1n) is 7.85. The molecule has 0 aliphatic heterocycles. The summed E-state index contributed by atoms with van der Waals surface area (Å²) in [6.45, 7) is 1.82. The molecule has 0 fully saturated rings. The van der Waals surface area contributed by atoms with Gasteiger partial charge in [-0.1, -0.05) is 36.4 Å². The number of benzene rings is 1. The van der Waals surface area contributed by atoms with E-state index in [4.69, 9.17) is 0 Å². The van der Waals surface area contributed by atoms with Crippen molar-refractivity contribution in [3.63, 3.8) is 0 Å². The molecular formula is C19H18N2O3S. The van der Waals surface area contributed by atoms with Crippen molar-refractivity contribution in [3.05, 3.63) is 89.5 Å². The fraction of sp³-hybridized carbons (Fsp3) is 0.158. The predicted molar refractivity (Wildman–Crippen MR) is 95.9 cm³/mol. The van der Waals surface area contributed by atoms with Crippen molar-refractivity contribution < 1.29 is 13.2 Å². The fourth-order valence-electron chi connectivity index (χ4n) is 2.53. The Kier molecular flexibility index (Phi) is 4.81. The number of aromatic nitrogens is 2. The number of Topliss-reactive ketones (excluding diaryl/α,β-unsaturated/α-hetero) is 1. The first-order valence-corrected chi connectivity index (χ1v) is 9.46. The van der Waals surface area contributed by atoms with E-state index in [1.54, 1.807) is 42.5 Å². The lowest BCUT2D eigenvalue weighted by Gasteiger charge is -2.05. The van der Waals surface area contributed by atoms with Crippen LogP contribution in [0.15, 0.2) is 67.0 Å². The summed E-state index contributed by atoms with van der Waals surface area (Å²) in [5.41, 5.74) is 2.52. The number of pyridine rings is 1. The molecule has 0 aliphatic rings. The van der Waals surface area contributed by atoms with Crippen molar-refractivity contribution >= 4 is 15.8 Å². The summed E-state index contributed by atoms with van der Waals surface area (Å²) in [6.07, 6.45) is 3.08. The van der Waals surface area contributed by atoms with Crippen molar-refractivity contribution in [2.45, 2.75) is 19.1 Å². The Morgan fingerprint density at radius 2 is 1.76 bits per heavy atom. The topological polar surface area (TPSA) is 69.0 Å². The second-order valence-electron chi connectivity index (χ2n) is 5.86. The molecule has 0 unspecified atom stereocenters.